The molecule has 1 unspecified atom stereocenters. The van der Waals surface area contributed by atoms with Crippen molar-refractivity contribution in [2.75, 3.05) is 26.2 Å². The molecule has 1 aliphatic rings. The summed E-state index contributed by atoms with van der Waals surface area (Å²) in [5.74, 6) is 1.59. The first kappa shape index (κ1) is 13.2. The summed E-state index contributed by atoms with van der Waals surface area (Å²) in [6.45, 7) is 5.47. The lowest BCUT2D eigenvalue weighted by atomic mass is 10.1. The number of aromatic amines is 1. The standard InChI is InChI=1S/C14H19N5O/c1-11-16-14(18-17-11)13-10-19(8-9-20-13)7-4-12-2-5-15-6-3-12/h2-3,5-6,13H,4,7-10H2,1H3,(H,16,17,18). The molecular formula is C14H19N5O. The van der Waals surface area contributed by atoms with Crippen LogP contribution < -0.4 is 0 Å². The van der Waals surface area contributed by atoms with E-state index in [1.165, 1.54) is 5.56 Å². The van der Waals surface area contributed by atoms with Gasteiger partial charge in [0.1, 0.15) is 11.9 Å². The van der Waals surface area contributed by atoms with Crippen molar-refractivity contribution in [1.29, 1.82) is 0 Å². The smallest absolute Gasteiger partial charge is 0.180 e. The Morgan fingerprint density at radius 3 is 3.00 bits per heavy atom. The molecule has 0 saturated carbocycles. The molecule has 1 fully saturated rings. The molecule has 1 N–H and O–H groups in total. The number of aryl methyl sites for hydroxylation is 1. The lowest BCUT2D eigenvalue weighted by Crippen LogP contribution is -2.39. The topological polar surface area (TPSA) is 66.9 Å². The molecule has 6 heteroatoms. The second kappa shape index (κ2) is 6.11. The predicted octanol–water partition coefficient (Wildman–Crippen LogP) is 1.12. The molecule has 0 aliphatic carbocycles. The van der Waals surface area contributed by atoms with E-state index in [0.29, 0.717) is 0 Å². The molecule has 1 saturated heterocycles. The van der Waals surface area contributed by atoms with Crippen molar-refractivity contribution in [1.82, 2.24) is 25.1 Å². The highest BCUT2D eigenvalue weighted by atomic mass is 16.5. The fraction of sp³-hybridized carbons (Fsp3) is 0.500. The normalized spacial score (nSPS) is 20.1. The number of pyridine rings is 1. The van der Waals surface area contributed by atoms with Gasteiger partial charge in [-0.1, -0.05) is 0 Å². The van der Waals surface area contributed by atoms with Crippen LogP contribution in [0.4, 0.5) is 0 Å². The van der Waals surface area contributed by atoms with Crippen LogP contribution in [0.3, 0.4) is 0 Å². The summed E-state index contributed by atoms with van der Waals surface area (Å²) in [6.07, 6.45) is 4.69. The van der Waals surface area contributed by atoms with Crippen LogP contribution in [0.2, 0.25) is 0 Å². The van der Waals surface area contributed by atoms with E-state index in [0.717, 1.165) is 44.3 Å². The summed E-state index contributed by atoms with van der Waals surface area (Å²) in [5, 5.41) is 7.07. The Bertz CT molecular complexity index is 542. The molecule has 0 bridgehead atoms. The second-order valence-corrected chi connectivity index (χ2v) is 5.04. The van der Waals surface area contributed by atoms with Gasteiger partial charge in [0, 0.05) is 32.0 Å². The highest BCUT2D eigenvalue weighted by Gasteiger charge is 2.24. The maximum Gasteiger partial charge on any atom is 0.180 e. The SMILES string of the molecule is Cc1nc(C2CN(CCc3ccncc3)CCO2)n[nH]1. The lowest BCUT2D eigenvalue weighted by Gasteiger charge is -2.31. The van der Waals surface area contributed by atoms with Gasteiger partial charge in [-0.2, -0.15) is 5.10 Å². The zero-order chi connectivity index (χ0) is 13.8. The van der Waals surface area contributed by atoms with Crippen molar-refractivity contribution in [3.05, 3.63) is 41.7 Å². The molecule has 2 aromatic rings. The van der Waals surface area contributed by atoms with Crippen molar-refractivity contribution < 1.29 is 4.74 Å². The van der Waals surface area contributed by atoms with E-state index in [2.05, 4.69) is 37.2 Å². The maximum atomic E-state index is 5.76. The first-order valence-corrected chi connectivity index (χ1v) is 6.93. The number of aromatic nitrogens is 4. The minimum Gasteiger partial charge on any atom is -0.367 e. The van der Waals surface area contributed by atoms with Crippen LogP contribution in [-0.2, 0) is 11.2 Å². The maximum absolute atomic E-state index is 5.76. The molecule has 1 atom stereocenters. The van der Waals surface area contributed by atoms with E-state index < -0.39 is 0 Å². The van der Waals surface area contributed by atoms with Gasteiger partial charge in [0.2, 0.25) is 0 Å². The first-order valence-electron chi connectivity index (χ1n) is 6.93. The third-order valence-electron chi connectivity index (χ3n) is 3.52. The van der Waals surface area contributed by atoms with Crippen LogP contribution in [0, 0.1) is 6.92 Å². The monoisotopic (exact) mass is 273 g/mol. The van der Waals surface area contributed by atoms with Gasteiger partial charge >= 0.3 is 0 Å². The summed E-state index contributed by atoms with van der Waals surface area (Å²) in [4.78, 5) is 10.8. The van der Waals surface area contributed by atoms with Crippen molar-refractivity contribution in [3.8, 4) is 0 Å². The Morgan fingerprint density at radius 1 is 1.40 bits per heavy atom. The zero-order valence-corrected chi connectivity index (χ0v) is 11.6. The molecular weight excluding hydrogens is 254 g/mol. The largest absolute Gasteiger partial charge is 0.367 e. The summed E-state index contributed by atoms with van der Waals surface area (Å²) in [6, 6.07) is 4.13. The number of nitrogens with one attached hydrogen (secondary N) is 1. The summed E-state index contributed by atoms with van der Waals surface area (Å²) in [7, 11) is 0. The Kier molecular flexibility index (Phi) is 4.03. The molecule has 6 nitrogen and oxygen atoms in total. The molecule has 3 rings (SSSR count). The van der Waals surface area contributed by atoms with Crippen molar-refractivity contribution >= 4 is 0 Å². The van der Waals surface area contributed by atoms with Crippen LogP contribution in [0.5, 0.6) is 0 Å². The number of rotatable bonds is 4. The second-order valence-electron chi connectivity index (χ2n) is 5.04. The Morgan fingerprint density at radius 2 is 2.25 bits per heavy atom. The third kappa shape index (κ3) is 3.20. The Labute approximate surface area is 118 Å². The molecule has 0 radical (unpaired) electrons. The van der Waals surface area contributed by atoms with E-state index >= 15 is 0 Å². The van der Waals surface area contributed by atoms with Crippen LogP contribution in [-0.4, -0.2) is 51.3 Å². The number of H-pyrrole nitrogens is 1. The van der Waals surface area contributed by atoms with Crippen molar-refractivity contribution in [2.24, 2.45) is 0 Å². The van der Waals surface area contributed by atoms with E-state index in [4.69, 9.17) is 4.74 Å². The Hall–Kier alpha value is -1.79. The molecule has 20 heavy (non-hydrogen) atoms. The first-order chi connectivity index (χ1) is 9.81. The average molecular weight is 273 g/mol. The number of hydrogen-bond acceptors (Lipinski definition) is 5. The number of nitrogens with zero attached hydrogens (tertiary/aromatic N) is 4. The van der Waals surface area contributed by atoms with Crippen molar-refractivity contribution in [2.45, 2.75) is 19.4 Å². The zero-order valence-electron chi connectivity index (χ0n) is 11.6. The van der Waals surface area contributed by atoms with Gasteiger partial charge in [-0.3, -0.25) is 15.0 Å². The fourth-order valence-corrected chi connectivity index (χ4v) is 2.40. The quantitative estimate of drug-likeness (QED) is 0.904. The molecule has 1 aliphatic heterocycles. The summed E-state index contributed by atoms with van der Waals surface area (Å²) < 4.78 is 5.76. The summed E-state index contributed by atoms with van der Waals surface area (Å²) >= 11 is 0. The highest BCUT2D eigenvalue weighted by Crippen LogP contribution is 2.19. The molecule has 0 amide bonds. The minimum atomic E-state index is -0.0221. The van der Waals surface area contributed by atoms with Crippen LogP contribution in [0.25, 0.3) is 0 Å². The highest BCUT2D eigenvalue weighted by molar-refractivity contribution is 5.10. The van der Waals surface area contributed by atoms with Gasteiger partial charge < -0.3 is 4.74 Å². The molecule has 3 heterocycles. The number of hydrogen-bond donors (Lipinski definition) is 1. The van der Waals surface area contributed by atoms with E-state index in [9.17, 15) is 0 Å². The van der Waals surface area contributed by atoms with E-state index in [-0.39, 0.29) is 6.10 Å². The van der Waals surface area contributed by atoms with Gasteiger partial charge in [0.25, 0.3) is 0 Å². The number of ether oxygens (including phenoxy) is 1. The molecule has 2 aromatic heterocycles. The van der Waals surface area contributed by atoms with Gasteiger partial charge in [-0.15, -0.1) is 0 Å². The van der Waals surface area contributed by atoms with Crippen LogP contribution >= 0.6 is 0 Å². The third-order valence-corrected chi connectivity index (χ3v) is 3.52. The van der Waals surface area contributed by atoms with Gasteiger partial charge in [-0.25, -0.2) is 4.98 Å². The predicted molar refractivity (Wildman–Crippen MR) is 74.2 cm³/mol. The van der Waals surface area contributed by atoms with Crippen molar-refractivity contribution in [3.63, 3.8) is 0 Å². The number of morpholine rings is 1. The Balaban J connectivity index is 1.55. The average Bonchev–Trinajstić information content (AvgIpc) is 2.93. The van der Waals surface area contributed by atoms with E-state index in [1.807, 2.05) is 19.3 Å². The molecule has 106 valence electrons. The van der Waals surface area contributed by atoms with Gasteiger partial charge in [0.15, 0.2) is 5.82 Å². The van der Waals surface area contributed by atoms with Gasteiger partial charge in [0.05, 0.1) is 6.61 Å². The fourth-order valence-electron chi connectivity index (χ4n) is 2.40. The summed E-state index contributed by atoms with van der Waals surface area (Å²) in [5.41, 5.74) is 1.32. The van der Waals surface area contributed by atoms with Crippen LogP contribution in [0.15, 0.2) is 24.5 Å². The van der Waals surface area contributed by atoms with Crippen LogP contribution in [0.1, 0.15) is 23.3 Å². The molecule has 0 aromatic carbocycles. The lowest BCUT2D eigenvalue weighted by molar-refractivity contribution is -0.0337. The van der Waals surface area contributed by atoms with E-state index in [1.54, 1.807) is 0 Å². The molecule has 0 spiro atoms. The van der Waals surface area contributed by atoms with Gasteiger partial charge in [-0.05, 0) is 31.0 Å². The minimum absolute atomic E-state index is 0.0221.